The molecule has 0 aromatic carbocycles. The summed E-state index contributed by atoms with van der Waals surface area (Å²) in [7, 11) is 0. The Morgan fingerprint density at radius 1 is 1.27 bits per heavy atom. The molecule has 5 heteroatoms. The molecule has 1 N–H and O–H groups in total. The number of hydrogen-bond acceptors (Lipinski definition) is 3. The lowest BCUT2D eigenvalue weighted by atomic mass is 10.3. The lowest BCUT2D eigenvalue weighted by molar-refractivity contribution is 0.144. The van der Waals surface area contributed by atoms with Crippen molar-refractivity contribution in [2.24, 2.45) is 0 Å². The van der Waals surface area contributed by atoms with Gasteiger partial charge in [0, 0.05) is 23.4 Å². The molecule has 0 bridgehead atoms. The van der Waals surface area contributed by atoms with Gasteiger partial charge in [0.15, 0.2) is 0 Å². The van der Waals surface area contributed by atoms with Crippen molar-refractivity contribution in [3.8, 4) is 0 Å². The molecule has 0 aromatic heterocycles. The van der Waals surface area contributed by atoms with Gasteiger partial charge in [-0.15, -0.1) is 0 Å². The molecule has 0 rings (SSSR count). The Balaban J connectivity index is 4.00. The van der Waals surface area contributed by atoms with Crippen LogP contribution in [0.4, 0.5) is 0 Å². The first-order chi connectivity index (χ1) is 4.95. The molecule has 0 aliphatic carbocycles. The Morgan fingerprint density at radius 2 is 1.64 bits per heavy atom. The summed E-state index contributed by atoms with van der Waals surface area (Å²) in [5.41, 5.74) is 0. The molecule has 0 saturated carbocycles. The van der Waals surface area contributed by atoms with E-state index in [-0.39, 0.29) is 12.1 Å². The highest BCUT2D eigenvalue weighted by Crippen LogP contribution is 2.00. The zero-order valence-electron chi connectivity index (χ0n) is 7.33. The minimum atomic E-state index is -2.21. The van der Waals surface area contributed by atoms with Gasteiger partial charge in [-0.05, 0) is 27.7 Å². The molecule has 4 nitrogen and oxygen atoms in total. The summed E-state index contributed by atoms with van der Waals surface area (Å²) in [6.07, 6.45) is 0. The third-order valence-electron chi connectivity index (χ3n) is 1.29. The highest BCUT2D eigenvalue weighted by molar-refractivity contribution is 7.76. The van der Waals surface area contributed by atoms with Crippen molar-refractivity contribution in [2.75, 3.05) is 0 Å². The highest BCUT2D eigenvalue weighted by atomic mass is 32.2. The van der Waals surface area contributed by atoms with E-state index < -0.39 is 11.3 Å². The Kier molecular flexibility index (Phi) is 4.83. The van der Waals surface area contributed by atoms with Gasteiger partial charge in [0.25, 0.3) is 0 Å². The van der Waals surface area contributed by atoms with Gasteiger partial charge in [-0.25, -0.2) is 5.01 Å². The summed E-state index contributed by atoms with van der Waals surface area (Å²) in [5, 5.41) is 1.67. The van der Waals surface area contributed by atoms with Crippen LogP contribution in [0.1, 0.15) is 27.7 Å². The second-order valence-electron chi connectivity index (χ2n) is 2.92. The van der Waals surface area contributed by atoms with E-state index in [9.17, 15) is 8.76 Å². The van der Waals surface area contributed by atoms with E-state index >= 15 is 0 Å². The average molecular weight is 179 g/mol. The van der Waals surface area contributed by atoms with Crippen LogP contribution in [0.2, 0.25) is 0 Å². The number of rotatable bonds is 4. The maximum atomic E-state index is 10.3. The Bertz CT molecular complexity index is 131. The van der Waals surface area contributed by atoms with Crippen molar-refractivity contribution in [3.63, 3.8) is 0 Å². The molecule has 0 fully saturated rings. The zero-order chi connectivity index (χ0) is 9.02. The van der Waals surface area contributed by atoms with Gasteiger partial charge in [0.2, 0.25) is 0 Å². The fourth-order valence-electron chi connectivity index (χ4n) is 0.893. The van der Waals surface area contributed by atoms with Gasteiger partial charge in [0.05, 0.1) is 0 Å². The molecular formula is C6H15N2O2S-. The number of hydrogen-bond donors (Lipinski definition) is 1. The third kappa shape index (κ3) is 4.47. The molecule has 0 spiro atoms. The Morgan fingerprint density at radius 3 is 1.73 bits per heavy atom. The topological polar surface area (TPSA) is 55.4 Å². The standard InChI is InChI=1S/C6H16N2O2S/c1-5(2)8(6(3)4)7-11(9)10/h5-7H,1-4H3,(H,9,10)/p-1. The van der Waals surface area contributed by atoms with Crippen LogP contribution in [-0.4, -0.2) is 25.9 Å². The normalized spacial score (nSPS) is 14.9. The van der Waals surface area contributed by atoms with Gasteiger partial charge in [-0.2, -0.15) is 4.83 Å². The second kappa shape index (κ2) is 4.82. The van der Waals surface area contributed by atoms with E-state index in [1.165, 1.54) is 0 Å². The summed E-state index contributed by atoms with van der Waals surface area (Å²) in [4.78, 5) is 2.33. The first kappa shape index (κ1) is 11.0. The predicted octanol–water partition coefficient (Wildman–Crippen LogP) is 0.404. The largest absolute Gasteiger partial charge is 0.759 e. The molecule has 0 aliphatic rings. The quantitative estimate of drug-likeness (QED) is 0.502. The van der Waals surface area contributed by atoms with E-state index in [2.05, 4.69) is 4.83 Å². The van der Waals surface area contributed by atoms with Crippen LogP contribution in [-0.2, 0) is 11.3 Å². The minimum Gasteiger partial charge on any atom is -0.759 e. The van der Waals surface area contributed by atoms with Crippen LogP contribution in [0.15, 0.2) is 0 Å². The molecule has 1 atom stereocenters. The van der Waals surface area contributed by atoms with E-state index in [1.807, 2.05) is 27.7 Å². The smallest absolute Gasteiger partial charge is 0.0326 e. The molecule has 0 saturated heterocycles. The fraction of sp³-hybridized carbons (Fsp3) is 1.00. The fourth-order valence-corrected chi connectivity index (χ4v) is 1.49. The van der Waals surface area contributed by atoms with Crippen LogP contribution in [0.25, 0.3) is 0 Å². The molecule has 11 heavy (non-hydrogen) atoms. The molecule has 0 aromatic rings. The first-order valence-corrected chi connectivity index (χ1v) is 4.66. The molecule has 0 aliphatic heterocycles. The van der Waals surface area contributed by atoms with E-state index in [0.29, 0.717) is 0 Å². The van der Waals surface area contributed by atoms with Gasteiger partial charge < -0.3 is 4.55 Å². The van der Waals surface area contributed by atoms with Crippen molar-refractivity contribution in [1.82, 2.24) is 9.84 Å². The van der Waals surface area contributed by atoms with E-state index in [4.69, 9.17) is 0 Å². The minimum absolute atomic E-state index is 0.174. The van der Waals surface area contributed by atoms with Crippen LogP contribution in [0.5, 0.6) is 0 Å². The summed E-state index contributed by atoms with van der Waals surface area (Å²) in [5.74, 6) is 0. The third-order valence-corrected chi connectivity index (χ3v) is 1.65. The maximum Gasteiger partial charge on any atom is 0.0326 e. The van der Waals surface area contributed by atoms with Crippen LogP contribution in [0.3, 0.4) is 0 Å². The Hall–Kier alpha value is 0.0300. The van der Waals surface area contributed by atoms with Crippen LogP contribution >= 0.6 is 0 Å². The van der Waals surface area contributed by atoms with Crippen molar-refractivity contribution < 1.29 is 8.76 Å². The molecule has 0 heterocycles. The summed E-state index contributed by atoms with van der Waals surface area (Å²) in [6, 6.07) is 0.348. The number of nitrogens with one attached hydrogen (secondary N) is 1. The second-order valence-corrected chi connectivity index (χ2v) is 3.57. The molecule has 0 amide bonds. The van der Waals surface area contributed by atoms with Gasteiger partial charge in [-0.3, -0.25) is 4.21 Å². The van der Waals surface area contributed by atoms with Crippen molar-refractivity contribution in [3.05, 3.63) is 0 Å². The summed E-state index contributed by atoms with van der Waals surface area (Å²) >= 11 is -2.21. The van der Waals surface area contributed by atoms with Crippen LogP contribution < -0.4 is 4.83 Å². The average Bonchev–Trinajstić information content (AvgIpc) is 1.81. The molecular weight excluding hydrogens is 164 g/mol. The lowest BCUT2D eigenvalue weighted by Crippen LogP contribution is -2.48. The van der Waals surface area contributed by atoms with E-state index in [0.717, 1.165) is 0 Å². The lowest BCUT2D eigenvalue weighted by Gasteiger charge is -2.31. The van der Waals surface area contributed by atoms with Gasteiger partial charge in [0.1, 0.15) is 0 Å². The van der Waals surface area contributed by atoms with Gasteiger partial charge in [-0.1, -0.05) is 0 Å². The van der Waals surface area contributed by atoms with Crippen molar-refractivity contribution >= 4 is 11.3 Å². The Labute approximate surface area is 70.4 Å². The zero-order valence-corrected chi connectivity index (χ0v) is 8.14. The molecule has 68 valence electrons. The first-order valence-electron chi connectivity index (χ1n) is 3.59. The maximum absolute atomic E-state index is 10.3. The van der Waals surface area contributed by atoms with Crippen molar-refractivity contribution in [1.29, 1.82) is 0 Å². The summed E-state index contributed by atoms with van der Waals surface area (Å²) in [6.45, 7) is 7.72. The van der Waals surface area contributed by atoms with Crippen molar-refractivity contribution in [2.45, 2.75) is 39.8 Å². The van der Waals surface area contributed by atoms with E-state index in [1.54, 1.807) is 5.01 Å². The summed E-state index contributed by atoms with van der Waals surface area (Å²) < 4.78 is 20.5. The highest BCUT2D eigenvalue weighted by Gasteiger charge is 2.11. The number of hydrazine groups is 1. The monoisotopic (exact) mass is 179 g/mol. The van der Waals surface area contributed by atoms with Crippen LogP contribution in [0, 0.1) is 0 Å². The molecule has 1 unspecified atom stereocenters. The molecule has 0 radical (unpaired) electrons. The van der Waals surface area contributed by atoms with Gasteiger partial charge >= 0.3 is 0 Å². The predicted molar refractivity (Wildman–Crippen MR) is 44.2 cm³/mol. The number of nitrogens with zero attached hydrogens (tertiary/aromatic N) is 1. The SMILES string of the molecule is CC(C)N(NS(=O)[O-])C(C)C.